The predicted octanol–water partition coefficient (Wildman–Crippen LogP) is 4.91. The molecule has 2 N–H and O–H groups in total. The molecule has 0 saturated carbocycles. The molecule has 0 heterocycles. The number of carbonyl (C=O) groups excluding carboxylic acids is 1. The summed E-state index contributed by atoms with van der Waals surface area (Å²) >= 11 is 11.9. The second-order valence-electron chi connectivity index (χ2n) is 5.36. The normalized spacial score (nSPS) is 11.1. The molecule has 1 amide bonds. The van der Waals surface area contributed by atoms with E-state index in [0.29, 0.717) is 21.3 Å². The van der Waals surface area contributed by atoms with Crippen molar-refractivity contribution in [2.45, 2.75) is 0 Å². The summed E-state index contributed by atoms with van der Waals surface area (Å²) in [6, 6.07) is 15.9. The maximum Gasteiger partial charge on any atom is 0.246 e. The Bertz CT molecular complexity index is 971. The summed E-state index contributed by atoms with van der Waals surface area (Å²) in [5, 5.41) is 15.4. The van der Waals surface area contributed by atoms with Gasteiger partial charge in [-0.25, -0.2) is 0 Å². The lowest BCUT2D eigenvalue weighted by atomic mass is 10.0. The van der Waals surface area contributed by atoms with Crippen molar-refractivity contribution in [1.82, 2.24) is 0 Å². The highest BCUT2D eigenvalue weighted by Gasteiger charge is 2.07. The van der Waals surface area contributed by atoms with E-state index in [1.807, 2.05) is 30.3 Å². The molecule has 3 aromatic rings. The van der Waals surface area contributed by atoms with Crippen LogP contribution in [-0.2, 0) is 4.79 Å². The fourth-order valence-electron chi connectivity index (χ4n) is 2.42. The van der Waals surface area contributed by atoms with Crippen molar-refractivity contribution >= 4 is 51.8 Å². The van der Waals surface area contributed by atoms with Crippen LogP contribution in [0.1, 0.15) is 5.56 Å². The highest BCUT2D eigenvalue weighted by Crippen LogP contribution is 2.26. The molecule has 0 unspecified atom stereocenters. The highest BCUT2D eigenvalue weighted by molar-refractivity contribution is 6.35. The second kappa shape index (κ2) is 7.55. The van der Waals surface area contributed by atoms with Crippen LogP contribution in [-0.4, -0.2) is 23.8 Å². The van der Waals surface area contributed by atoms with Gasteiger partial charge in [0.15, 0.2) is 0 Å². The van der Waals surface area contributed by atoms with E-state index in [4.69, 9.17) is 23.2 Å². The summed E-state index contributed by atoms with van der Waals surface area (Å²) in [6.07, 6.45) is 1.50. The number of aliphatic imine (C=N–C) groups is 1. The number of hydrogen-bond donors (Lipinski definition) is 2. The summed E-state index contributed by atoms with van der Waals surface area (Å²) in [4.78, 5) is 16.2. The van der Waals surface area contributed by atoms with Gasteiger partial charge in [-0.05, 0) is 35.0 Å². The number of rotatable bonds is 4. The molecule has 0 bridgehead atoms. The van der Waals surface area contributed by atoms with Gasteiger partial charge >= 0.3 is 0 Å². The topological polar surface area (TPSA) is 61.7 Å². The van der Waals surface area contributed by atoms with Crippen molar-refractivity contribution in [2.75, 3.05) is 11.9 Å². The third kappa shape index (κ3) is 4.10. The summed E-state index contributed by atoms with van der Waals surface area (Å²) in [7, 11) is 0. The Morgan fingerprint density at radius 1 is 1.12 bits per heavy atom. The lowest BCUT2D eigenvalue weighted by molar-refractivity contribution is -0.114. The Labute approximate surface area is 154 Å². The molecule has 3 aromatic carbocycles. The Hall–Kier alpha value is -2.56. The Kier molecular flexibility index (Phi) is 5.22. The first-order valence-electron chi connectivity index (χ1n) is 7.50. The SMILES string of the molecule is O=C(CN=Cc1c(O)ccc2ccccc12)Nc1cc(Cl)ccc1Cl. The van der Waals surface area contributed by atoms with Crippen LogP contribution < -0.4 is 5.32 Å². The molecule has 3 rings (SSSR count). The quantitative estimate of drug-likeness (QED) is 0.639. The zero-order valence-electron chi connectivity index (χ0n) is 13.0. The number of benzene rings is 3. The molecular weight excluding hydrogens is 359 g/mol. The molecule has 6 heteroatoms. The minimum atomic E-state index is -0.333. The van der Waals surface area contributed by atoms with Crippen molar-refractivity contribution in [1.29, 1.82) is 0 Å². The third-order valence-corrected chi connectivity index (χ3v) is 4.17. The maximum absolute atomic E-state index is 12.0. The number of amides is 1. The van der Waals surface area contributed by atoms with E-state index in [1.165, 1.54) is 6.21 Å². The van der Waals surface area contributed by atoms with Crippen LogP contribution in [0.15, 0.2) is 59.6 Å². The van der Waals surface area contributed by atoms with E-state index in [9.17, 15) is 9.90 Å². The summed E-state index contributed by atoms with van der Waals surface area (Å²) in [5.41, 5.74) is 1.01. The molecule has 0 aromatic heterocycles. The van der Waals surface area contributed by atoms with Gasteiger partial charge in [-0.1, -0.05) is 53.5 Å². The van der Waals surface area contributed by atoms with Crippen molar-refractivity contribution in [2.24, 2.45) is 4.99 Å². The first kappa shape index (κ1) is 17.3. The van der Waals surface area contributed by atoms with Gasteiger partial charge in [0, 0.05) is 16.8 Å². The van der Waals surface area contributed by atoms with Gasteiger partial charge in [0.2, 0.25) is 5.91 Å². The number of phenols is 1. The minimum absolute atomic E-state index is 0.106. The highest BCUT2D eigenvalue weighted by atomic mass is 35.5. The predicted molar refractivity (Wildman–Crippen MR) is 103 cm³/mol. The van der Waals surface area contributed by atoms with E-state index in [1.54, 1.807) is 24.3 Å². The molecule has 4 nitrogen and oxygen atoms in total. The van der Waals surface area contributed by atoms with E-state index in [-0.39, 0.29) is 18.2 Å². The van der Waals surface area contributed by atoms with Crippen LogP contribution in [0, 0.1) is 0 Å². The zero-order valence-corrected chi connectivity index (χ0v) is 14.6. The van der Waals surface area contributed by atoms with Crippen LogP contribution in [0.5, 0.6) is 5.75 Å². The molecule has 0 saturated heterocycles. The standard InChI is InChI=1S/C19H14Cl2N2O2/c20-13-6-7-16(21)17(9-13)23-19(25)11-22-10-15-14-4-2-1-3-12(14)5-8-18(15)24/h1-10,24H,11H2,(H,23,25). The van der Waals surface area contributed by atoms with Crippen LogP contribution in [0.3, 0.4) is 0 Å². The largest absolute Gasteiger partial charge is 0.507 e. The van der Waals surface area contributed by atoms with Gasteiger partial charge in [-0.2, -0.15) is 0 Å². The van der Waals surface area contributed by atoms with Crippen LogP contribution in [0.2, 0.25) is 10.0 Å². The van der Waals surface area contributed by atoms with Gasteiger partial charge in [-0.15, -0.1) is 0 Å². The molecule has 0 spiro atoms. The molecular formula is C19H14Cl2N2O2. The van der Waals surface area contributed by atoms with E-state index in [2.05, 4.69) is 10.3 Å². The molecule has 0 aliphatic carbocycles. The van der Waals surface area contributed by atoms with E-state index in [0.717, 1.165) is 10.8 Å². The van der Waals surface area contributed by atoms with Crippen molar-refractivity contribution in [3.8, 4) is 5.75 Å². The fourth-order valence-corrected chi connectivity index (χ4v) is 2.76. The Balaban J connectivity index is 1.74. The van der Waals surface area contributed by atoms with Gasteiger partial charge in [0.1, 0.15) is 12.3 Å². The summed E-state index contributed by atoms with van der Waals surface area (Å²) < 4.78 is 0. The number of hydrogen-bond acceptors (Lipinski definition) is 3. The number of nitrogens with one attached hydrogen (secondary N) is 1. The average molecular weight is 373 g/mol. The lowest BCUT2D eigenvalue weighted by Crippen LogP contribution is -2.15. The number of fused-ring (bicyclic) bond motifs is 1. The van der Waals surface area contributed by atoms with Crippen LogP contribution in [0.4, 0.5) is 5.69 Å². The zero-order chi connectivity index (χ0) is 17.8. The number of aromatic hydroxyl groups is 1. The molecule has 0 aliphatic heterocycles. The smallest absolute Gasteiger partial charge is 0.246 e. The van der Waals surface area contributed by atoms with Crippen LogP contribution in [0.25, 0.3) is 10.8 Å². The first-order valence-corrected chi connectivity index (χ1v) is 8.25. The van der Waals surface area contributed by atoms with Crippen molar-refractivity contribution < 1.29 is 9.90 Å². The van der Waals surface area contributed by atoms with E-state index >= 15 is 0 Å². The van der Waals surface area contributed by atoms with Gasteiger partial charge in [0.25, 0.3) is 0 Å². The fraction of sp³-hybridized carbons (Fsp3) is 0.0526. The first-order chi connectivity index (χ1) is 12.0. The number of carbonyl (C=O) groups is 1. The minimum Gasteiger partial charge on any atom is -0.507 e. The average Bonchev–Trinajstić information content (AvgIpc) is 2.60. The Morgan fingerprint density at radius 2 is 1.92 bits per heavy atom. The van der Waals surface area contributed by atoms with E-state index < -0.39 is 0 Å². The molecule has 0 atom stereocenters. The second-order valence-corrected chi connectivity index (χ2v) is 6.21. The van der Waals surface area contributed by atoms with Gasteiger partial charge in [-0.3, -0.25) is 9.79 Å². The summed E-state index contributed by atoms with van der Waals surface area (Å²) in [5.74, 6) is -0.221. The third-order valence-electron chi connectivity index (χ3n) is 3.61. The summed E-state index contributed by atoms with van der Waals surface area (Å²) in [6.45, 7) is -0.106. The molecule has 0 aliphatic rings. The van der Waals surface area contributed by atoms with Gasteiger partial charge < -0.3 is 10.4 Å². The van der Waals surface area contributed by atoms with Crippen LogP contribution >= 0.6 is 23.2 Å². The monoisotopic (exact) mass is 372 g/mol. The molecule has 25 heavy (non-hydrogen) atoms. The number of halogens is 2. The number of anilines is 1. The lowest BCUT2D eigenvalue weighted by Gasteiger charge is -2.07. The molecule has 0 fully saturated rings. The van der Waals surface area contributed by atoms with Crippen molar-refractivity contribution in [3.63, 3.8) is 0 Å². The maximum atomic E-state index is 12.0. The van der Waals surface area contributed by atoms with Gasteiger partial charge in [0.05, 0.1) is 10.7 Å². The number of nitrogens with zero attached hydrogens (tertiary/aromatic N) is 1. The van der Waals surface area contributed by atoms with Crippen molar-refractivity contribution in [3.05, 3.63) is 70.2 Å². The molecule has 126 valence electrons. The molecule has 0 radical (unpaired) electrons. The Morgan fingerprint density at radius 3 is 2.76 bits per heavy atom. The number of phenolic OH excluding ortho intramolecular Hbond substituents is 1.